The van der Waals surface area contributed by atoms with Gasteiger partial charge < -0.3 is 10.6 Å². The van der Waals surface area contributed by atoms with Gasteiger partial charge in [-0.25, -0.2) is 4.68 Å². The van der Waals surface area contributed by atoms with Crippen molar-refractivity contribution in [2.45, 2.75) is 26.9 Å². The minimum atomic E-state index is -4.59. The highest BCUT2D eigenvalue weighted by Crippen LogP contribution is 2.40. The van der Waals surface area contributed by atoms with Gasteiger partial charge in [0.15, 0.2) is 5.69 Å². The average Bonchev–Trinajstić information content (AvgIpc) is 3.19. The molecule has 0 bridgehead atoms. The summed E-state index contributed by atoms with van der Waals surface area (Å²) >= 11 is 5.88. The van der Waals surface area contributed by atoms with Gasteiger partial charge in [0.1, 0.15) is 5.82 Å². The van der Waals surface area contributed by atoms with Crippen LogP contribution in [0.1, 0.15) is 25.1 Å². The van der Waals surface area contributed by atoms with Gasteiger partial charge in [0.25, 0.3) is 0 Å². The maximum atomic E-state index is 13.4. The third-order valence-corrected chi connectivity index (χ3v) is 5.70. The van der Waals surface area contributed by atoms with Crippen LogP contribution >= 0.6 is 11.6 Å². The summed E-state index contributed by atoms with van der Waals surface area (Å²) in [4.78, 5) is 2.27. The molecule has 184 valence electrons. The molecule has 8 heteroatoms. The lowest BCUT2D eigenvalue weighted by atomic mass is 10.1. The van der Waals surface area contributed by atoms with Crippen molar-refractivity contribution in [2.75, 3.05) is 23.7 Å². The fraction of sp³-hybridized carbons (Fsp3) is 0.222. The predicted octanol–water partition coefficient (Wildman–Crippen LogP) is 7.63. The van der Waals surface area contributed by atoms with E-state index in [9.17, 15) is 13.2 Å². The maximum Gasteiger partial charge on any atom is 0.435 e. The second-order valence-electron chi connectivity index (χ2n) is 7.87. The van der Waals surface area contributed by atoms with Crippen LogP contribution in [-0.4, -0.2) is 22.9 Å². The highest BCUT2D eigenvalue weighted by Gasteiger charge is 2.39. The van der Waals surface area contributed by atoms with E-state index >= 15 is 0 Å². The fourth-order valence-corrected chi connectivity index (χ4v) is 3.85. The van der Waals surface area contributed by atoms with Crippen LogP contribution in [0.4, 0.5) is 24.7 Å². The number of halogens is 4. The molecule has 0 atom stereocenters. The van der Waals surface area contributed by atoms with Gasteiger partial charge in [0.05, 0.1) is 11.3 Å². The first-order valence-corrected chi connectivity index (χ1v) is 11.6. The Balaban J connectivity index is 0.000000241. The molecule has 0 aliphatic rings. The van der Waals surface area contributed by atoms with E-state index in [-0.39, 0.29) is 11.4 Å². The van der Waals surface area contributed by atoms with E-state index in [1.165, 1.54) is 5.69 Å². The summed E-state index contributed by atoms with van der Waals surface area (Å²) < 4.78 is 41.3. The van der Waals surface area contributed by atoms with Gasteiger partial charge in [-0.15, -0.1) is 0 Å². The summed E-state index contributed by atoms with van der Waals surface area (Å²) in [6, 6.07) is 23.2. The third kappa shape index (κ3) is 6.36. The first kappa shape index (κ1) is 26.2. The monoisotopic (exact) mass is 500 g/mol. The van der Waals surface area contributed by atoms with Gasteiger partial charge in [-0.3, -0.25) is 0 Å². The Kier molecular flexibility index (Phi) is 8.46. The first-order chi connectivity index (χ1) is 16.7. The molecular weight excluding hydrogens is 473 g/mol. The molecule has 0 spiro atoms. The van der Waals surface area contributed by atoms with E-state index in [0.29, 0.717) is 11.3 Å². The Labute approximate surface area is 208 Å². The zero-order valence-corrected chi connectivity index (χ0v) is 20.6. The normalized spacial score (nSPS) is 11.1. The van der Waals surface area contributed by atoms with E-state index in [0.717, 1.165) is 28.4 Å². The number of nitrogens with two attached hydrogens (primary N) is 1. The van der Waals surface area contributed by atoms with Crippen molar-refractivity contribution >= 4 is 23.1 Å². The molecule has 0 aliphatic carbocycles. The van der Waals surface area contributed by atoms with Gasteiger partial charge in [-0.1, -0.05) is 65.7 Å². The summed E-state index contributed by atoms with van der Waals surface area (Å²) in [6.07, 6.45) is -4.59. The van der Waals surface area contributed by atoms with E-state index in [1.54, 1.807) is 54.6 Å². The van der Waals surface area contributed by atoms with Crippen molar-refractivity contribution in [1.82, 2.24) is 9.78 Å². The van der Waals surface area contributed by atoms with E-state index in [4.69, 9.17) is 17.3 Å². The topological polar surface area (TPSA) is 47.1 Å². The second-order valence-corrected chi connectivity index (χ2v) is 8.31. The molecule has 0 saturated carbocycles. The Morgan fingerprint density at radius 1 is 0.914 bits per heavy atom. The molecule has 1 aromatic heterocycles. The molecule has 0 unspecified atom stereocenters. The molecule has 4 rings (SSSR count). The van der Waals surface area contributed by atoms with Crippen molar-refractivity contribution in [3.05, 3.63) is 95.1 Å². The van der Waals surface area contributed by atoms with Crippen molar-refractivity contribution in [3.63, 3.8) is 0 Å². The first-order valence-electron chi connectivity index (χ1n) is 11.2. The Hall–Kier alpha value is -3.45. The molecule has 2 N–H and O–H groups in total. The Morgan fingerprint density at radius 2 is 1.54 bits per heavy atom. The highest BCUT2D eigenvalue weighted by atomic mass is 35.5. The fourth-order valence-electron chi connectivity index (χ4n) is 3.66. The highest BCUT2D eigenvalue weighted by molar-refractivity contribution is 6.30. The molecule has 4 nitrogen and oxygen atoms in total. The van der Waals surface area contributed by atoms with Crippen molar-refractivity contribution < 1.29 is 13.2 Å². The molecule has 0 amide bonds. The molecule has 0 aliphatic heterocycles. The van der Waals surface area contributed by atoms with Crippen LogP contribution in [-0.2, 0) is 6.18 Å². The summed E-state index contributed by atoms with van der Waals surface area (Å²) in [5.74, 6) is -0.0348. The molecule has 4 aromatic rings. The lowest BCUT2D eigenvalue weighted by Gasteiger charge is -2.20. The quantitative estimate of drug-likeness (QED) is 0.306. The number of anilines is 2. The maximum absolute atomic E-state index is 13.4. The van der Waals surface area contributed by atoms with Crippen LogP contribution in [0.5, 0.6) is 0 Å². The average molecular weight is 501 g/mol. The second kappa shape index (κ2) is 11.3. The van der Waals surface area contributed by atoms with Gasteiger partial charge >= 0.3 is 6.18 Å². The van der Waals surface area contributed by atoms with Gasteiger partial charge in [-0.2, -0.15) is 18.3 Å². The summed E-state index contributed by atoms with van der Waals surface area (Å²) in [5.41, 5.74) is 7.99. The van der Waals surface area contributed by atoms with Gasteiger partial charge in [0, 0.05) is 23.8 Å². The molecular formula is C27H28ClF3N4. The standard InChI is InChI=1S/C17H14F3N3.C10H14ClN/c1-11-7-9-13(10-8-11)23-16(21)14(12-5-3-2-4-6-12)15(22-23)17(18,19)20;1-3-12(4-2)10-7-5-6-9(11)8-10/h2-10H,21H2,1H3;5-8H,3-4H2,1-2H3. The van der Waals surface area contributed by atoms with Crippen LogP contribution in [0.2, 0.25) is 5.02 Å². The van der Waals surface area contributed by atoms with Crippen LogP contribution in [0.15, 0.2) is 78.9 Å². The van der Waals surface area contributed by atoms with Crippen molar-refractivity contribution in [2.24, 2.45) is 0 Å². The Morgan fingerprint density at radius 3 is 2.09 bits per heavy atom. The lowest BCUT2D eigenvalue weighted by Crippen LogP contribution is -2.21. The minimum absolute atomic E-state index is 0.0348. The summed E-state index contributed by atoms with van der Waals surface area (Å²) in [7, 11) is 0. The number of hydrogen-bond acceptors (Lipinski definition) is 3. The molecule has 3 aromatic carbocycles. The predicted molar refractivity (Wildman–Crippen MR) is 138 cm³/mol. The number of rotatable bonds is 5. The number of nitrogen functional groups attached to an aromatic ring is 1. The number of aryl methyl sites for hydroxylation is 1. The van der Waals surface area contributed by atoms with E-state index in [1.807, 2.05) is 25.1 Å². The molecule has 0 fully saturated rings. The zero-order chi connectivity index (χ0) is 25.6. The van der Waals surface area contributed by atoms with Gasteiger partial charge in [-0.05, 0) is 56.7 Å². The van der Waals surface area contributed by atoms with Gasteiger partial charge in [0.2, 0.25) is 0 Å². The van der Waals surface area contributed by atoms with Crippen molar-refractivity contribution in [3.8, 4) is 16.8 Å². The summed E-state index contributed by atoms with van der Waals surface area (Å²) in [6.45, 7) is 8.23. The SMILES string of the molecule is CCN(CC)c1cccc(Cl)c1.Cc1ccc(-n2nc(C(F)(F)F)c(-c3ccccc3)c2N)cc1. The smallest absolute Gasteiger partial charge is 0.383 e. The third-order valence-electron chi connectivity index (χ3n) is 5.47. The number of alkyl halides is 3. The minimum Gasteiger partial charge on any atom is -0.383 e. The number of hydrogen-bond donors (Lipinski definition) is 1. The largest absolute Gasteiger partial charge is 0.435 e. The van der Waals surface area contributed by atoms with Crippen LogP contribution in [0.3, 0.4) is 0 Å². The van der Waals surface area contributed by atoms with Crippen LogP contribution in [0.25, 0.3) is 16.8 Å². The van der Waals surface area contributed by atoms with Crippen LogP contribution in [0, 0.1) is 6.92 Å². The number of benzene rings is 3. The lowest BCUT2D eigenvalue weighted by molar-refractivity contribution is -0.140. The number of aromatic nitrogens is 2. The molecule has 0 saturated heterocycles. The molecule has 1 heterocycles. The van der Waals surface area contributed by atoms with E-state index in [2.05, 4.69) is 29.9 Å². The number of nitrogens with zero attached hydrogens (tertiary/aromatic N) is 3. The van der Waals surface area contributed by atoms with Crippen LogP contribution < -0.4 is 10.6 Å². The zero-order valence-electron chi connectivity index (χ0n) is 19.9. The molecule has 35 heavy (non-hydrogen) atoms. The van der Waals surface area contributed by atoms with Crippen molar-refractivity contribution in [1.29, 1.82) is 0 Å². The summed E-state index contributed by atoms with van der Waals surface area (Å²) in [5, 5.41) is 4.53. The molecule has 0 radical (unpaired) electrons. The van der Waals surface area contributed by atoms with E-state index < -0.39 is 11.9 Å². The Bertz CT molecular complexity index is 1230.